The highest BCUT2D eigenvalue weighted by Crippen LogP contribution is 2.18. The lowest BCUT2D eigenvalue weighted by atomic mass is 10.0. The van der Waals surface area contributed by atoms with Gasteiger partial charge in [-0.1, -0.05) is 6.07 Å². The lowest BCUT2D eigenvalue weighted by Gasteiger charge is -2.24. The molecule has 1 aromatic carbocycles. The fourth-order valence-corrected chi connectivity index (χ4v) is 4.51. The number of hydrogen-bond donors (Lipinski definition) is 2. The SMILES string of the molecule is Cc1cc(C)c2cc(C[NH+](Cc3nnnn3C(C)(C)C)C[C@H]3CCCO3)c(=O)[nH]c2c1. The van der Waals surface area contributed by atoms with E-state index in [0.29, 0.717) is 13.1 Å². The molecule has 1 aliphatic heterocycles. The molecule has 2 atom stereocenters. The van der Waals surface area contributed by atoms with Crippen LogP contribution in [0.3, 0.4) is 0 Å². The molecule has 166 valence electrons. The van der Waals surface area contributed by atoms with Gasteiger partial charge in [-0.05, 0) is 81.1 Å². The van der Waals surface area contributed by atoms with Gasteiger partial charge >= 0.3 is 0 Å². The van der Waals surface area contributed by atoms with E-state index >= 15 is 0 Å². The van der Waals surface area contributed by atoms with Crippen LogP contribution in [0.4, 0.5) is 0 Å². The molecule has 1 unspecified atom stereocenters. The van der Waals surface area contributed by atoms with Crippen molar-refractivity contribution in [3.05, 3.63) is 51.1 Å². The van der Waals surface area contributed by atoms with Crippen LogP contribution in [0.15, 0.2) is 23.0 Å². The van der Waals surface area contributed by atoms with Crippen molar-refractivity contribution < 1.29 is 9.64 Å². The van der Waals surface area contributed by atoms with Crippen LogP contribution in [0.2, 0.25) is 0 Å². The Hall–Kier alpha value is -2.58. The Morgan fingerprint density at radius 2 is 2.03 bits per heavy atom. The molecule has 2 N–H and O–H groups in total. The third-order valence-corrected chi connectivity index (χ3v) is 5.95. The smallest absolute Gasteiger partial charge is 0.257 e. The van der Waals surface area contributed by atoms with E-state index in [0.717, 1.165) is 53.8 Å². The number of aromatic nitrogens is 5. The van der Waals surface area contributed by atoms with Crippen LogP contribution in [-0.2, 0) is 23.4 Å². The zero-order valence-corrected chi connectivity index (χ0v) is 19.2. The summed E-state index contributed by atoms with van der Waals surface area (Å²) in [6.07, 6.45) is 2.35. The number of nitrogens with zero attached hydrogens (tertiary/aromatic N) is 4. The van der Waals surface area contributed by atoms with Crippen molar-refractivity contribution >= 4 is 10.9 Å². The van der Waals surface area contributed by atoms with Crippen molar-refractivity contribution in [2.24, 2.45) is 0 Å². The average molecular weight is 426 g/mol. The van der Waals surface area contributed by atoms with E-state index in [4.69, 9.17) is 4.74 Å². The maximum absolute atomic E-state index is 12.9. The molecule has 1 saturated heterocycles. The molecule has 3 heterocycles. The second-order valence-corrected chi connectivity index (χ2v) is 9.79. The summed E-state index contributed by atoms with van der Waals surface area (Å²) in [4.78, 5) is 17.2. The normalized spacial score (nSPS) is 18.0. The summed E-state index contributed by atoms with van der Waals surface area (Å²) >= 11 is 0. The molecule has 31 heavy (non-hydrogen) atoms. The summed E-state index contributed by atoms with van der Waals surface area (Å²) in [5.74, 6) is 0.824. The quantitative estimate of drug-likeness (QED) is 0.627. The molecule has 1 aliphatic rings. The number of rotatable bonds is 6. The molecule has 4 rings (SSSR count). The van der Waals surface area contributed by atoms with Crippen LogP contribution >= 0.6 is 0 Å². The fraction of sp³-hybridized carbons (Fsp3) is 0.565. The number of quaternary nitrogens is 1. The Morgan fingerprint density at radius 1 is 1.23 bits per heavy atom. The van der Waals surface area contributed by atoms with E-state index in [2.05, 4.69) is 54.3 Å². The standard InChI is InChI=1S/C23H32N6O2/c1-15-9-16(2)19-11-17(22(30)24-20(19)10-15)12-28(13-18-7-6-8-31-18)14-21-25-26-27-29(21)23(3,4)5/h9-11,18H,6-8,12-14H2,1-5H3,(H,24,30)/p+1/t18-/m1/s1. The summed E-state index contributed by atoms with van der Waals surface area (Å²) < 4.78 is 7.78. The molecule has 0 radical (unpaired) electrons. The number of nitrogens with one attached hydrogen (secondary N) is 2. The Kier molecular flexibility index (Phi) is 5.94. The Bertz CT molecular complexity index is 1120. The van der Waals surface area contributed by atoms with E-state index in [1.54, 1.807) is 0 Å². The molecular weight excluding hydrogens is 392 g/mol. The van der Waals surface area contributed by atoms with Crippen molar-refractivity contribution in [1.82, 2.24) is 25.2 Å². The first kappa shape index (κ1) is 21.6. The van der Waals surface area contributed by atoms with Crippen molar-refractivity contribution in [2.45, 2.75) is 72.2 Å². The monoisotopic (exact) mass is 425 g/mol. The van der Waals surface area contributed by atoms with E-state index < -0.39 is 0 Å². The number of fused-ring (bicyclic) bond motifs is 1. The van der Waals surface area contributed by atoms with Crippen LogP contribution in [0.5, 0.6) is 0 Å². The molecule has 8 nitrogen and oxygen atoms in total. The predicted molar refractivity (Wildman–Crippen MR) is 119 cm³/mol. The number of H-pyrrole nitrogens is 1. The molecule has 8 heteroatoms. The van der Waals surface area contributed by atoms with Gasteiger partial charge in [0.05, 0.1) is 11.1 Å². The number of ether oxygens (including phenoxy) is 1. The summed E-state index contributed by atoms with van der Waals surface area (Å²) in [6.45, 7) is 13.3. The van der Waals surface area contributed by atoms with Crippen LogP contribution in [0, 0.1) is 13.8 Å². The molecule has 0 bridgehead atoms. The van der Waals surface area contributed by atoms with Gasteiger partial charge in [-0.3, -0.25) is 4.79 Å². The summed E-state index contributed by atoms with van der Waals surface area (Å²) in [5, 5.41) is 13.5. The first-order valence-corrected chi connectivity index (χ1v) is 11.1. The molecule has 0 aliphatic carbocycles. The number of aryl methyl sites for hydroxylation is 2. The summed E-state index contributed by atoms with van der Waals surface area (Å²) in [5.41, 5.74) is 3.75. The van der Waals surface area contributed by atoms with Crippen LogP contribution < -0.4 is 10.5 Å². The molecule has 1 fully saturated rings. The van der Waals surface area contributed by atoms with Gasteiger partial charge in [0.1, 0.15) is 25.7 Å². The topological polar surface area (TPSA) is 90.1 Å². The summed E-state index contributed by atoms with van der Waals surface area (Å²) in [7, 11) is 0. The van der Waals surface area contributed by atoms with E-state index in [-0.39, 0.29) is 17.2 Å². The maximum atomic E-state index is 12.9. The number of aromatic amines is 1. The van der Waals surface area contributed by atoms with E-state index in [9.17, 15) is 4.79 Å². The van der Waals surface area contributed by atoms with E-state index in [1.165, 1.54) is 10.5 Å². The van der Waals surface area contributed by atoms with Gasteiger partial charge in [-0.15, -0.1) is 5.10 Å². The molecule has 0 amide bonds. The first-order chi connectivity index (χ1) is 14.7. The van der Waals surface area contributed by atoms with Crippen molar-refractivity contribution in [3.8, 4) is 0 Å². The Morgan fingerprint density at radius 3 is 2.74 bits per heavy atom. The maximum Gasteiger partial charge on any atom is 0.257 e. The van der Waals surface area contributed by atoms with Gasteiger partial charge in [0.25, 0.3) is 5.56 Å². The van der Waals surface area contributed by atoms with E-state index in [1.807, 2.05) is 23.7 Å². The van der Waals surface area contributed by atoms with Crippen LogP contribution in [0.25, 0.3) is 10.9 Å². The lowest BCUT2D eigenvalue weighted by Crippen LogP contribution is -3.10. The Labute approximate surface area is 182 Å². The van der Waals surface area contributed by atoms with Gasteiger partial charge in [-0.25, -0.2) is 4.68 Å². The van der Waals surface area contributed by atoms with Crippen molar-refractivity contribution in [1.29, 1.82) is 0 Å². The third kappa shape index (κ3) is 4.85. The van der Waals surface area contributed by atoms with Gasteiger partial charge in [-0.2, -0.15) is 0 Å². The number of hydrogen-bond acceptors (Lipinski definition) is 5. The average Bonchev–Trinajstić information content (AvgIpc) is 3.34. The van der Waals surface area contributed by atoms with Gasteiger partial charge in [0.15, 0.2) is 0 Å². The zero-order chi connectivity index (χ0) is 22.2. The summed E-state index contributed by atoms with van der Waals surface area (Å²) in [6, 6.07) is 6.23. The van der Waals surface area contributed by atoms with Crippen LogP contribution in [-0.4, -0.2) is 44.4 Å². The number of pyridine rings is 1. The Balaban J connectivity index is 1.65. The van der Waals surface area contributed by atoms with Gasteiger partial charge in [0.2, 0.25) is 5.82 Å². The highest BCUT2D eigenvalue weighted by atomic mass is 16.5. The highest BCUT2D eigenvalue weighted by Gasteiger charge is 2.27. The number of benzene rings is 1. The van der Waals surface area contributed by atoms with Crippen molar-refractivity contribution in [3.63, 3.8) is 0 Å². The fourth-order valence-electron chi connectivity index (χ4n) is 4.51. The van der Waals surface area contributed by atoms with Gasteiger partial charge < -0.3 is 14.6 Å². The molecule has 2 aromatic heterocycles. The number of tetrazole rings is 1. The van der Waals surface area contributed by atoms with Crippen molar-refractivity contribution in [2.75, 3.05) is 13.2 Å². The molecule has 3 aromatic rings. The minimum Gasteiger partial charge on any atom is -0.372 e. The molecule has 0 spiro atoms. The lowest BCUT2D eigenvalue weighted by molar-refractivity contribution is -0.931. The molecular formula is C23H33N6O2+. The minimum atomic E-state index is -0.205. The zero-order valence-electron chi connectivity index (χ0n) is 19.2. The highest BCUT2D eigenvalue weighted by molar-refractivity contribution is 5.83. The predicted octanol–water partition coefficient (Wildman–Crippen LogP) is 1.65. The van der Waals surface area contributed by atoms with Crippen LogP contribution in [0.1, 0.15) is 56.1 Å². The largest absolute Gasteiger partial charge is 0.372 e. The van der Waals surface area contributed by atoms with Gasteiger partial charge in [0, 0.05) is 17.5 Å². The third-order valence-electron chi connectivity index (χ3n) is 5.95. The minimum absolute atomic E-state index is 0.0299. The second kappa shape index (κ2) is 8.51. The first-order valence-electron chi connectivity index (χ1n) is 11.1. The molecule has 0 saturated carbocycles. The second-order valence-electron chi connectivity index (χ2n) is 9.79.